The van der Waals surface area contributed by atoms with Crippen molar-refractivity contribution in [3.63, 3.8) is 0 Å². The van der Waals surface area contributed by atoms with E-state index in [1.54, 1.807) is 7.11 Å². The Morgan fingerprint density at radius 2 is 2.26 bits per heavy atom. The zero-order valence-electron chi connectivity index (χ0n) is 10.8. The second-order valence-electron chi connectivity index (χ2n) is 4.69. The Morgan fingerprint density at radius 3 is 3.11 bits per heavy atom. The molecule has 0 saturated heterocycles. The van der Waals surface area contributed by atoms with Crippen LogP contribution in [0.3, 0.4) is 0 Å². The van der Waals surface area contributed by atoms with Crippen LogP contribution in [-0.4, -0.2) is 22.1 Å². The van der Waals surface area contributed by atoms with Gasteiger partial charge >= 0.3 is 0 Å². The van der Waals surface area contributed by atoms with E-state index in [0.29, 0.717) is 5.88 Å². The third-order valence-electron chi connectivity index (χ3n) is 3.50. The van der Waals surface area contributed by atoms with Crippen molar-refractivity contribution in [1.29, 1.82) is 0 Å². The van der Waals surface area contributed by atoms with E-state index in [1.807, 2.05) is 18.3 Å². The van der Waals surface area contributed by atoms with Crippen LogP contribution in [0, 0.1) is 0 Å². The van der Waals surface area contributed by atoms with Crippen molar-refractivity contribution in [2.45, 2.75) is 25.2 Å². The Morgan fingerprint density at radius 1 is 1.37 bits per heavy atom. The van der Waals surface area contributed by atoms with Crippen molar-refractivity contribution >= 4 is 5.95 Å². The first-order chi connectivity index (χ1) is 9.28. The number of pyridine rings is 1. The quantitative estimate of drug-likeness (QED) is 0.888. The molecule has 1 unspecified atom stereocenters. The lowest BCUT2D eigenvalue weighted by Crippen LogP contribution is -2.15. The molecule has 1 aliphatic rings. The number of nitrogens with two attached hydrogens (primary N) is 1. The summed E-state index contributed by atoms with van der Waals surface area (Å²) in [4.78, 5) is 12.9. The molecule has 0 aliphatic heterocycles. The van der Waals surface area contributed by atoms with E-state index in [1.165, 1.54) is 5.56 Å². The van der Waals surface area contributed by atoms with E-state index in [4.69, 9.17) is 10.5 Å². The fraction of sp³-hybridized carbons (Fsp3) is 0.357. The van der Waals surface area contributed by atoms with Gasteiger partial charge < -0.3 is 10.5 Å². The Kier molecular flexibility index (Phi) is 3.03. The van der Waals surface area contributed by atoms with E-state index in [-0.39, 0.29) is 11.9 Å². The third-order valence-corrected chi connectivity index (χ3v) is 3.50. The van der Waals surface area contributed by atoms with Crippen molar-refractivity contribution in [3.05, 3.63) is 41.3 Å². The number of nitrogens with zero attached hydrogens (tertiary/aromatic N) is 3. The predicted molar refractivity (Wildman–Crippen MR) is 72.0 cm³/mol. The summed E-state index contributed by atoms with van der Waals surface area (Å²) in [6, 6.07) is 5.97. The highest BCUT2D eigenvalue weighted by Gasteiger charge is 2.24. The SMILES string of the molecule is COc1cc(C2CCCc3cccnc32)nc(N)n1. The molecule has 19 heavy (non-hydrogen) atoms. The van der Waals surface area contributed by atoms with Gasteiger partial charge in [-0.05, 0) is 30.9 Å². The Bertz CT molecular complexity index is 600. The summed E-state index contributed by atoms with van der Waals surface area (Å²) in [5.74, 6) is 0.937. The summed E-state index contributed by atoms with van der Waals surface area (Å²) in [5.41, 5.74) is 9.04. The van der Waals surface area contributed by atoms with Gasteiger partial charge in [0.1, 0.15) is 0 Å². The second-order valence-corrected chi connectivity index (χ2v) is 4.69. The zero-order valence-corrected chi connectivity index (χ0v) is 10.8. The van der Waals surface area contributed by atoms with Crippen LogP contribution in [0.2, 0.25) is 0 Å². The van der Waals surface area contributed by atoms with Gasteiger partial charge in [0.25, 0.3) is 0 Å². The minimum atomic E-state index is 0.184. The normalized spacial score (nSPS) is 17.8. The molecule has 0 fully saturated rings. The number of fused-ring (bicyclic) bond motifs is 1. The third kappa shape index (κ3) is 2.23. The number of aryl methyl sites for hydroxylation is 1. The van der Waals surface area contributed by atoms with Crippen LogP contribution in [0.5, 0.6) is 5.88 Å². The topological polar surface area (TPSA) is 73.9 Å². The number of rotatable bonds is 2. The smallest absolute Gasteiger partial charge is 0.223 e. The van der Waals surface area contributed by atoms with Crippen LogP contribution >= 0.6 is 0 Å². The van der Waals surface area contributed by atoms with Crippen molar-refractivity contribution in [2.24, 2.45) is 0 Å². The number of methoxy groups -OCH3 is 1. The van der Waals surface area contributed by atoms with E-state index >= 15 is 0 Å². The Hall–Kier alpha value is -2.17. The summed E-state index contributed by atoms with van der Waals surface area (Å²) >= 11 is 0. The van der Waals surface area contributed by atoms with Gasteiger partial charge in [0.2, 0.25) is 11.8 Å². The predicted octanol–water partition coefficient (Wildman–Crippen LogP) is 1.93. The largest absolute Gasteiger partial charge is 0.481 e. The lowest BCUT2D eigenvalue weighted by molar-refractivity contribution is 0.396. The molecule has 2 heterocycles. The number of hydrogen-bond donors (Lipinski definition) is 1. The van der Waals surface area contributed by atoms with Gasteiger partial charge in [0.05, 0.1) is 18.5 Å². The van der Waals surface area contributed by atoms with Crippen molar-refractivity contribution in [1.82, 2.24) is 15.0 Å². The molecule has 0 bridgehead atoms. The molecule has 0 aromatic carbocycles. The van der Waals surface area contributed by atoms with Crippen LogP contribution in [0.15, 0.2) is 24.4 Å². The first-order valence-corrected chi connectivity index (χ1v) is 6.40. The van der Waals surface area contributed by atoms with Crippen LogP contribution in [-0.2, 0) is 6.42 Å². The molecule has 2 aromatic rings. The molecule has 5 nitrogen and oxygen atoms in total. The highest BCUT2D eigenvalue weighted by molar-refractivity contribution is 5.36. The molecule has 2 N–H and O–H groups in total. The maximum atomic E-state index is 5.74. The van der Waals surface area contributed by atoms with Gasteiger partial charge in [-0.1, -0.05) is 6.07 Å². The number of ether oxygens (including phenoxy) is 1. The summed E-state index contributed by atoms with van der Waals surface area (Å²) in [7, 11) is 1.58. The first kappa shape index (κ1) is 11.9. The van der Waals surface area contributed by atoms with Crippen molar-refractivity contribution < 1.29 is 4.74 Å². The first-order valence-electron chi connectivity index (χ1n) is 6.40. The van der Waals surface area contributed by atoms with E-state index < -0.39 is 0 Å². The molecule has 5 heteroatoms. The summed E-state index contributed by atoms with van der Waals surface area (Å²) in [5, 5.41) is 0. The van der Waals surface area contributed by atoms with Crippen LogP contribution in [0.25, 0.3) is 0 Å². The average molecular weight is 256 g/mol. The average Bonchev–Trinajstić information content (AvgIpc) is 2.46. The molecular formula is C14H16N4O. The van der Waals surface area contributed by atoms with Crippen molar-refractivity contribution in [3.8, 4) is 5.88 Å². The van der Waals surface area contributed by atoms with Gasteiger partial charge in [-0.25, -0.2) is 4.98 Å². The molecular weight excluding hydrogens is 240 g/mol. The Labute approximate surface area is 111 Å². The van der Waals surface area contributed by atoms with Crippen LogP contribution in [0.4, 0.5) is 5.95 Å². The molecule has 0 radical (unpaired) electrons. The van der Waals surface area contributed by atoms with Gasteiger partial charge in [0.15, 0.2) is 0 Å². The maximum Gasteiger partial charge on any atom is 0.223 e. The maximum absolute atomic E-state index is 5.74. The molecule has 1 atom stereocenters. The molecule has 98 valence electrons. The minimum absolute atomic E-state index is 0.184. The van der Waals surface area contributed by atoms with Gasteiger partial charge in [-0.3, -0.25) is 4.98 Å². The summed E-state index contributed by atoms with van der Waals surface area (Å²) < 4.78 is 5.16. The molecule has 1 aliphatic carbocycles. The molecule has 3 rings (SSSR count). The van der Waals surface area contributed by atoms with E-state index in [2.05, 4.69) is 21.0 Å². The number of nitrogen functional groups attached to an aromatic ring is 1. The lowest BCUT2D eigenvalue weighted by atomic mass is 9.84. The molecule has 0 amide bonds. The molecule has 0 spiro atoms. The lowest BCUT2D eigenvalue weighted by Gasteiger charge is -2.23. The highest BCUT2D eigenvalue weighted by Crippen LogP contribution is 2.35. The number of aromatic nitrogens is 3. The fourth-order valence-electron chi connectivity index (χ4n) is 2.64. The Balaban J connectivity index is 2.06. The van der Waals surface area contributed by atoms with Crippen LogP contribution in [0.1, 0.15) is 35.7 Å². The van der Waals surface area contributed by atoms with Gasteiger partial charge in [-0.15, -0.1) is 0 Å². The number of anilines is 1. The monoisotopic (exact) mass is 256 g/mol. The van der Waals surface area contributed by atoms with Crippen LogP contribution < -0.4 is 10.5 Å². The second kappa shape index (κ2) is 4.84. The number of hydrogen-bond acceptors (Lipinski definition) is 5. The highest BCUT2D eigenvalue weighted by atomic mass is 16.5. The fourth-order valence-corrected chi connectivity index (χ4v) is 2.64. The molecule has 2 aromatic heterocycles. The summed E-state index contributed by atoms with van der Waals surface area (Å²) in [6.07, 6.45) is 5.08. The summed E-state index contributed by atoms with van der Waals surface area (Å²) in [6.45, 7) is 0. The van der Waals surface area contributed by atoms with E-state index in [9.17, 15) is 0 Å². The zero-order chi connectivity index (χ0) is 13.2. The molecule has 0 saturated carbocycles. The standard InChI is InChI=1S/C14H16N4O/c1-19-12-8-11(17-14(15)18-12)10-6-2-4-9-5-3-7-16-13(9)10/h3,5,7-8,10H,2,4,6H2,1H3,(H2,15,17,18). The van der Waals surface area contributed by atoms with Gasteiger partial charge in [-0.2, -0.15) is 4.98 Å². The van der Waals surface area contributed by atoms with E-state index in [0.717, 1.165) is 30.7 Å². The van der Waals surface area contributed by atoms with Gasteiger partial charge in [0, 0.05) is 18.2 Å². The van der Waals surface area contributed by atoms with Crippen molar-refractivity contribution in [2.75, 3.05) is 12.8 Å². The minimum Gasteiger partial charge on any atom is -0.481 e.